The van der Waals surface area contributed by atoms with Crippen molar-refractivity contribution in [3.63, 3.8) is 0 Å². The number of pyridine rings is 1. The molecule has 0 saturated carbocycles. The Morgan fingerprint density at radius 3 is 2.95 bits per heavy atom. The van der Waals surface area contributed by atoms with E-state index in [-0.39, 0.29) is 17.7 Å². The number of carbonyl (C=O) groups excluding carboxylic acids is 1. The van der Waals surface area contributed by atoms with Crippen molar-refractivity contribution in [2.45, 2.75) is 6.42 Å². The van der Waals surface area contributed by atoms with Crippen LogP contribution in [-0.4, -0.2) is 29.1 Å². The number of anilines is 1. The van der Waals surface area contributed by atoms with Crippen molar-refractivity contribution in [1.29, 1.82) is 0 Å². The Morgan fingerprint density at radius 2 is 2.21 bits per heavy atom. The van der Waals surface area contributed by atoms with Crippen LogP contribution in [0, 0.1) is 5.82 Å². The van der Waals surface area contributed by atoms with Crippen LogP contribution in [0.4, 0.5) is 10.1 Å². The molecule has 1 aromatic heterocycles. The van der Waals surface area contributed by atoms with E-state index in [0.717, 1.165) is 0 Å². The number of nitrogens with two attached hydrogens (primary N) is 1. The van der Waals surface area contributed by atoms with Gasteiger partial charge in [0, 0.05) is 35.8 Å². The van der Waals surface area contributed by atoms with Crippen molar-refractivity contribution in [3.8, 4) is 0 Å². The molecule has 0 aliphatic heterocycles. The first kappa shape index (κ1) is 13.2. The third-order valence-electron chi connectivity index (χ3n) is 2.74. The summed E-state index contributed by atoms with van der Waals surface area (Å²) in [4.78, 5) is 15.9. The second kappa shape index (κ2) is 5.62. The summed E-state index contributed by atoms with van der Waals surface area (Å²) >= 11 is 0. The van der Waals surface area contributed by atoms with E-state index < -0.39 is 11.7 Å². The molecule has 0 saturated heterocycles. The van der Waals surface area contributed by atoms with E-state index >= 15 is 0 Å². The van der Waals surface area contributed by atoms with Gasteiger partial charge in [0.25, 0.3) is 5.91 Å². The van der Waals surface area contributed by atoms with Crippen LogP contribution in [0.3, 0.4) is 0 Å². The molecule has 5 nitrogen and oxygen atoms in total. The van der Waals surface area contributed by atoms with Crippen LogP contribution < -0.4 is 11.1 Å². The number of aliphatic hydroxyl groups is 1. The summed E-state index contributed by atoms with van der Waals surface area (Å²) in [5.74, 6) is -0.882. The Kier molecular flexibility index (Phi) is 3.91. The quantitative estimate of drug-likeness (QED) is 0.568. The van der Waals surface area contributed by atoms with Crippen LogP contribution in [0.2, 0.25) is 0 Å². The van der Waals surface area contributed by atoms with Crippen LogP contribution in [0.5, 0.6) is 0 Å². The van der Waals surface area contributed by atoms with Gasteiger partial charge in [0.1, 0.15) is 11.5 Å². The summed E-state index contributed by atoms with van der Waals surface area (Å²) in [6, 6.07) is 4.14. The van der Waals surface area contributed by atoms with Gasteiger partial charge in [-0.25, -0.2) is 4.39 Å². The van der Waals surface area contributed by atoms with Crippen molar-refractivity contribution in [2.24, 2.45) is 0 Å². The monoisotopic (exact) mass is 263 g/mol. The molecule has 100 valence electrons. The number of aliphatic hydroxyl groups excluding tert-OH is 1. The lowest BCUT2D eigenvalue weighted by atomic mass is 10.1. The Hall–Kier alpha value is -2.21. The molecule has 4 N–H and O–H groups in total. The van der Waals surface area contributed by atoms with E-state index in [4.69, 9.17) is 10.8 Å². The van der Waals surface area contributed by atoms with E-state index in [9.17, 15) is 9.18 Å². The highest BCUT2D eigenvalue weighted by Crippen LogP contribution is 2.25. The number of carbonyl (C=O) groups is 1. The zero-order chi connectivity index (χ0) is 13.8. The van der Waals surface area contributed by atoms with Crippen molar-refractivity contribution < 1.29 is 14.3 Å². The van der Waals surface area contributed by atoms with Crippen molar-refractivity contribution in [2.75, 3.05) is 18.9 Å². The van der Waals surface area contributed by atoms with E-state index in [1.165, 1.54) is 24.4 Å². The maximum atomic E-state index is 13.7. The lowest BCUT2D eigenvalue weighted by Gasteiger charge is -2.09. The molecule has 1 aromatic carbocycles. The SMILES string of the molecule is Nc1ccc(F)c2ccnc(C(=O)NCCCO)c12. The maximum Gasteiger partial charge on any atom is 0.270 e. The van der Waals surface area contributed by atoms with Gasteiger partial charge in [-0.3, -0.25) is 9.78 Å². The van der Waals surface area contributed by atoms with Crippen LogP contribution in [-0.2, 0) is 0 Å². The summed E-state index contributed by atoms with van der Waals surface area (Å²) < 4.78 is 13.7. The van der Waals surface area contributed by atoms with Gasteiger partial charge in [-0.05, 0) is 24.6 Å². The number of nitrogens with one attached hydrogen (secondary N) is 1. The van der Waals surface area contributed by atoms with Gasteiger partial charge >= 0.3 is 0 Å². The standard InChI is InChI=1S/C13H14FN3O2/c14-9-2-3-10(15)11-8(9)4-6-16-12(11)13(19)17-5-1-7-18/h2-4,6,18H,1,5,7,15H2,(H,17,19). The van der Waals surface area contributed by atoms with Crippen LogP contribution in [0.25, 0.3) is 10.8 Å². The largest absolute Gasteiger partial charge is 0.398 e. The van der Waals surface area contributed by atoms with Gasteiger partial charge in [0.2, 0.25) is 0 Å². The average molecular weight is 263 g/mol. The first-order chi connectivity index (χ1) is 9.15. The normalized spacial score (nSPS) is 10.6. The summed E-state index contributed by atoms with van der Waals surface area (Å²) in [6.07, 6.45) is 1.81. The minimum absolute atomic E-state index is 0.0139. The molecule has 2 aromatic rings. The minimum atomic E-state index is -0.448. The van der Waals surface area contributed by atoms with E-state index in [0.29, 0.717) is 24.0 Å². The van der Waals surface area contributed by atoms with Crippen LogP contribution in [0.1, 0.15) is 16.9 Å². The van der Waals surface area contributed by atoms with Crippen molar-refractivity contribution in [3.05, 3.63) is 35.9 Å². The molecular formula is C13H14FN3O2. The third kappa shape index (κ3) is 2.63. The first-order valence-electron chi connectivity index (χ1n) is 5.87. The molecule has 0 atom stereocenters. The molecule has 19 heavy (non-hydrogen) atoms. The summed E-state index contributed by atoms with van der Waals surface area (Å²) in [5.41, 5.74) is 6.18. The molecule has 0 spiro atoms. The molecule has 0 aliphatic carbocycles. The number of nitrogen functional groups attached to an aromatic ring is 1. The summed E-state index contributed by atoms with van der Waals surface area (Å²) in [7, 11) is 0. The van der Waals surface area contributed by atoms with E-state index in [2.05, 4.69) is 10.3 Å². The number of aromatic nitrogens is 1. The van der Waals surface area contributed by atoms with Gasteiger partial charge in [0.15, 0.2) is 0 Å². The Bertz CT molecular complexity index is 616. The zero-order valence-corrected chi connectivity index (χ0v) is 10.2. The number of nitrogens with zero attached hydrogens (tertiary/aromatic N) is 1. The Labute approximate surface area is 109 Å². The van der Waals surface area contributed by atoms with Crippen LogP contribution >= 0.6 is 0 Å². The number of rotatable bonds is 4. The number of hydrogen-bond donors (Lipinski definition) is 3. The van der Waals surface area contributed by atoms with Gasteiger partial charge in [-0.2, -0.15) is 0 Å². The van der Waals surface area contributed by atoms with Gasteiger partial charge in [-0.15, -0.1) is 0 Å². The van der Waals surface area contributed by atoms with Gasteiger partial charge in [0.05, 0.1) is 0 Å². The molecule has 6 heteroatoms. The molecule has 0 radical (unpaired) electrons. The van der Waals surface area contributed by atoms with Crippen molar-refractivity contribution in [1.82, 2.24) is 10.3 Å². The molecule has 1 amide bonds. The Morgan fingerprint density at radius 1 is 1.42 bits per heavy atom. The highest BCUT2D eigenvalue weighted by atomic mass is 19.1. The maximum absolute atomic E-state index is 13.7. The second-order valence-corrected chi connectivity index (χ2v) is 4.05. The lowest BCUT2D eigenvalue weighted by Crippen LogP contribution is -2.26. The van der Waals surface area contributed by atoms with Crippen molar-refractivity contribution >= 4 is 22.4 Å². The van der Waals surface area contributed by atoms with E-state index in [1.807, 2.05) is 0 Å². The predicted octanol–water partition coefficient (Wildman–Crippen LogP) is 1.07. The predicted molar refractivity (Wildman–Crippen MR) is 70.1 cm³/mol. The molecule has 0 bridgehead atoms. The Balaban J connectivity index is 2.43. The number of amides is 1. The third-order valence-corrected chi connectivity index (χ3v) is 2.74. The number of halogens is 1. The molecule has 0 fully saturated rings. The first-order valence-corrected chi connectivity index (χ1v) is 5.87. The molecule has 2 rings (SSSR count). The summed E-state index contributed by atoms with van der Waals surface area (Å²) in [6.45, 7) is 0.308. The molecule has 0 unspecified atom stereocenters. The van der Waals surface area contributed by atoms with Gasteiger partial charge < -0.3 is 16.2 Å². The zero-order valence-electron chi connectivity index (χ0n) is 10.2. The highest BCUT2D eigenvalue weighted by Gasteiger charge is 2.15. The molecular weight excluding hydrogens is 249 g/mol. The van der Waals surface area contributed by atoms with Crippen LogP contribution in [0.15, 0.2) is 24.4 Å². The lowest BCUT2D eigenvalue weighted by molar-refractivity contribution is 0.0948. The highest BCUT2D eigenvalue weighted by molar-refractivity contribution is 6.09. The topological polar surface area (TPSA) is 88.2 Å². The fourth-order valence-electron chi connectivity index (χ4n) is 1.83. The molecule has 1 heterocycles. The van der Waals surface area contributed by atoms with Gasteiger partial charge in [-0.1, -0.05) is 0 Å². The fourth-order valence-corrected chi connectivity index (χ4v) is 1.83. The second-order valence-electron chi connectivity index (χ2n) is 4.05. The smallest absolute Gasteiger partial charge is 0.270 e. The summed E-state index contributed by atoms with van der Waals surface area (Å²) in [5, 5.41) is 11.8. The fraction of sp³-hybridized carbons (Fsp3) is 0.231. The number of fused-ring (bicyclic) bond motifs is 1. The number of hydrogen-bond acceptors (Lipinski definition) is 4. The average Bonchev–Trinajstić information content (AvgIpc) is 2.42. The van der Waals surface area contributed by atoms with E-state index in [1.54, 1.807) is 0 Å². The number of benzene rings is 1. The molecule has 0 aliphatic rings. The minimum Gasteiger partial charge on any atom is -0.398 e.